The molecule has 1 unspecified atom stereocenters. The Kier molecular flexibility index (Phi) is 6.41. The Labute approximate surface area is 221 Å². The minimum atomic E-state index is -0.462. The molecular weight excluding hydrogens is 484 g/mol. The van der Waals surface area contributed by atoms with Gasteiger partial charge in [-0.2, -0.15) is 0 Å². The summed E-state index contributed by atoms with van der Waals surface area (Å²) in [5, 5.41) is 0.301. The van der Waals surface area contributed by atoms with Gasteiger partial charge in [0.15, 0.2) is 5.04 Å². The minimum Gasteiger partial charge on any atom is -0.492 e. The normalized spacial score (nSPS) is 23.5. The number of hydrogen-bond acceptors (Lipinski definition) is 6. The van der Waals surface area contributed by atoms with Gasteiger partial charge in [-0.15, -0.1) is 0 Å². The molecule has 37 heavy (non-hydrogen) atoms. The van der Waals surface area contributed by atoms with E-state index in [2.05, 4.69) is 29.3 Å². The van der Waals surface area contributed by atoms with Crippen molar-refractivity contribution in [1.82, 2.24) is 4.90 Å². The molecular formula is C30H30N2O4S. The van der Waals surface area contributed by atoms with E-state index in [1.54, 1.807) is 11.9 Å². The van der Waals surface area contributed by atoms with Gasteiger partial charge in [0.1, 0.15) is 12.4 Å². The average molecular weight is 515 g/mol. The maximum absolute atomic E-state index is 13.5. The van der Waals surface area contributed by atoms with Crippen LogP contribution in [0.25, 0.3) is 0 Å². The molecule has 1 amide bonds. The number of fused-ring (bicyclic) bond motifs is 4. The third-order valence-electron chi connectivity index (χ3n) is 7.82. The lowest BCUT2D eigenvalue weighted by molar-refractivity contribution is -0.132. The van der Waals surface area contributed by atoms with Crippen molar-refractivity contribution in [3.63, 3.8) is 0 Å². The Morgan fingerprint density at radius 3 is 2.65 bits per heavy atom. The molecule has 190 valence electrons. The Hall–Kier alpha value is -3.32. The van der Waals surface area contributed by atoms with Crippen LogP contribution in [0.4, 0.5) is 0 Å². The molecule has 6 rings (SSSR count). The number of methoxy groups -OCH3 is 1. The second-order valence-electron chi connectivity index (χ2n) is 10.0. The van der Waals surface area contributed by atoms with E-state index >= 15 is 0 Å². The van der Waals surface area contributed by atoms with Crippen LogP contribution in [-0.4, -0.2) is 42.5 Å². The number of aliphatic imine (C=N–C) groups is 1. The predicted molar refractivity (Wildman–Crippen MR) is 144 cm³/mol. The third-order valence-corrected chi connectivity index (χ3v) is 8.96. The van der Waals surface area contributed by atoms with Gasteiger partial charge in [0, 0.05) is 18.2 Å². The first-order valence-corrected chi connectivity index (χ1v) is 13.7. The van der Waals surface area contributed by atoms with Crippen molar-refractivity contribution in [1.29, 1.82) is 0 Å². The molecule has 1 saturated carbocycles. The van der Waals surface area contributed by atoms with Crippen molar-refractivity contribution in [2.45, 2.75) is 38.7 Å². The first kappa shape index (κ1) is 24.0. The van der Waals surface area contributed by atoms with E-state index in [-0.39, 0.29) is 18.4 Å². The Morgan fingerprint density at radius 1 is 1.11 bits per heavy atom. The van der Waals surface area contributed by atoms with Crippen LogP contribution < -0.4 is 0 Å². The van der Waals surface area contributed by atoms with E-state index < -0.39 is 5.97 Å². The fourth-order valence-electron chi connectivity index (χ4n) is 6.08. The second kappa shape index (κ2) is 9.86. The number of hydrogen-bond donors (Lipinski definition) is 0. The molecule has 0 spiro atoms. The van der Waals surface area contributed by atoms with Crippen LogP contribution in [0, 0.1) is 11.8 Å². The van der Waals surface area contributed by atoms with Gasteiger partial charge in [-0.05, 0) is 52.7 Å². The predicted octanol–water partition coefficient (Wildman–Crippen LogP) is 5.46. The summed E-state index contributed by atoms with van der Waals surface area (Å²) in [6.45, 7) is 0.664. The SMILES string of the molecule is COC(=O)C1=NCC2=C(S1)C1=C(C3CCCCC3)C3=CC=C(OCc4ccccc4)C3C1=CN(C)C2=O. The van der Waals surface area contributed by atoms with Gasteiger partial charge in [-0.3, -0.25) is 9.79 Å². The molecule has 3 aliphatic carbocycles. The molecule has 5 aliphatic rings. The van der Waals surface area contributed by atoms with E-state index in [4.69, 9.17) is 9.47 Å². The number of nitrogens with zero attached hydrogens (tertiary/aromatic N) is 2. The van der Waals surface area contributed by atoms with E-state index in [1.807, 2.05) is 24.4 Å². The molecule has 0 bridgehead atoms. The largest absolute Gasteiger partial charge is 0.492 e. The molecule has 0 aromatic heterocycles. The van der Waals surface area contributed by atoms with E-state index in [0.717, 1.165) is 40.2 Å². The highest BCUT2D eigenvalue weighted by Crippen LogP contribution is 2.57. The van der Waals surface area contributed by atoms with Crippen LogP contribution >= 0.6 is 11.8 Å². The van der Waals surface area contributed by atoms with Gasteiger partial charge in [0.05, 0.1) is 25.1 Å². The fraction of sp³-hybridized carbons (Fsp3) is 0.367. The topological polar surface area (TPSA) is 68.2 Å². The standard InChI is InChI=1S/C30H30N2O4S/c1-32-16-22-25-20(13-14-23(25)36-17-18-9-5-3-6-10-18)24(19-11-7-4-8-12-19)26(22)27-21(29(32)33)15-31-28(37-27)30(34)35-2/h3,5-6,9-10,13-14,16,19,25H,4,7-8,11-12,15,17H2,1-2H3. The monoisotopic (exact) mass is 514 g/mol. The molecule has 1 aromatic rings. The van der Waals surface area contributed by atoms with Crippen LogP contribution in [0.15, 0.2) is 92.2 Å². The van der Waals surface area contributed by atoms with E-state index in [1.165, 1.54) is 49.3 Å². The van der Waals surface area contributed by atoms with Gasteiger partial charge in [0.25, 0.3) is 5.91 Å². The smallest absolute Gasteiger partial charge is 0.363 e. The van der Waals surface area contributed by atoms with Gasteiger partial charge in [0.2, 0.25) is 0 Å². The number of carbonyl (C=O) groups excluding carboxylic acids is 2. The van der Waals surface area contributed by atoms with Crippen molar-refractivity contribution < 1.29 is 19.1 Å². The first-order chi connectivity index (χ1) is 18.1. The number of amides is 1. The summed E-state index contributed by atoms with van der Waals surface area (Å²) in [6.07, 6.45) is 12.2. The van der Waals surface area contributed by atoms with Crippen molar-refractivity contribution in [2.75, 3.05) is 20.7 Å². The van der Waals surface area contributed by atoms with E-state index in [0.29, 0.717) is 23.1 Å². The molecule has 6 nitrogen and oxygen atoms in total. The minimum absolute atomic E-state index is 0.0567. The van der Waals surface area contributed by atoms with Gasteiger partial charge in [-0.1, -0.05) is 67.4 Å². The van der Waals surface area contributed by atoms with Gasteiger partial charge in [-0.25, -0.2) is 4.79 Å². The Morgan fingerprint density at radius 2 is 1.89 bits per heavy atom. The summed E-state index contributed by atoms with van der Waals surface area (Å²) < 4.78 is 11.4. The molecule has 0 saturated heterocycles. The van der Waals surface area contributed by atoms with Gasteiger partial charge >= 0.3 is 5.97 Å². The summed E-state index contributed by atoms with van der Waals surface area (Å²) >= 11 is 1.28. The zero-order chi connectivity index (χ0) is 25.5. The average Bonchev–Trinajstić information content (AvgIpc) is 3.47. The molecule has 7 heteroatoms. The van der Waals surface area contributed by atoms with Crippen LogP contribution in [0.2, 0.25) is 0 Å². The van der Waals surface area contributed by atoms with Crippen LogP contribution in [0.1, 0.15) is 37.7 Å². The molecule has 2 aliphatic heterocycles. The first-order valence-electron chi connectivity index (χ1n) is 12.9. The summed E-state index contributed by atoms with van der Waals surface area (Å²) in [7, 11) is 3.17. The number of thioether (sulfide) groups is 1. The highest BCUT2D eigenvalue weighted by atomic mass is 32.2. The number of ether oxygens (including phenoxy) is 2. The maximum Gasteiger partial charge on any atom is 0.363 e. The fourth-order valence-corrected chi connectivity index (χ4v) is 7.17. The molecule has 0 N–H and O–H groups in total. The summed E-state index contributed by atoms with van der Waals surface area (Å²) in [4.78, 5) is 32.9. The highest BCUT2D eigenvalue weighted by molar-refractivity contribution is 8.19. The second-order valence-corrected chi connectivity index (χ2v) is 11.0. The summed E-state index contributed by atoms with van der Waals surface area (Å²) in [5.41, 5.74) is 6.53. The lowest BCUT2D eigenvalue weighted by atomic mass is 9.80. The Balaban J connectivity index is 1.44. The zero-order valence-electron chi connectivity index (χ0n) is 21.2. The number of allylic oxidation sites excluding steroid dienone is 5. The third kappa shape index (κ3) is 4.19. The number of benzene rings is 1. The molecule has 2 heterocycles. The van der Waals surface area contributed by atoms with Crippen LogP contribution in [-0.2, 0) is 25.7 Å². The number of carbonyl (C=O) groups is 2. The van der Waals surface area contributed by atoms with Crippen molar-refractivity contribution in [3.05, 3.63) is 92.8 Å². The number of rotatable bonds is 5. The lowest BCUT2D eigenvalue weighted by Gasteiger charge is -2.27. The van der Waals surface area contributed by atoms with Gasteiger partial charge < -0.3 is 14.4 Å². The van der Waals surface area contributed by atoms with Crippen molar-refractivity contribution in [2.24, 2.45) is 16.8 Å². The quantitative estimate of drug-likeness (QED) is 0.488. The summed E-state index contributed by atoms with van der Waals surface area (Å²) in [5.74, 6) is 0.723. The molecule has 1 aromatic carbocycles. The molecule has 1 atom stereocenters. The lowest BCUT2D eigenvalue weighted by Crippen LogP contribution is -2.27. The molecule has 0 radical (unpaired) electrons. The van der Waals surface area contributed by atoms with E-state index in [9.17, 15) is 9.59 Å². The summed E-state index contributed by atoms with van der Waals surface area (Å²) in [6, 6.07) is 10.2. The van der Waals surface area contributed by atoms with Crippen molar-refractivity contribution >= 4 is 28.7 Å². The molecule has 1 fully saturated rings. The number of likely N-dealkylation sites (N-methyl/N-ethyl adjacent to an activating group) is 1. The number of esters is 1. The maximum atomic E-state index is 13.5. The van der Waals surface area contributed by atoms with Crippen LogP contribution in [0.3, 0.4) is 0 Å². The van der Waals surface area contributed by atoms with Crippen LogP contribution in [0.5, 0.6) is 0 Å². The Bertz CT molecular complexity index is 1340. The zero-order valence-corrected chi connectivity index (χ0v) is 22.0. The van der Waals surface area contributed by atoms with Crippen molar-refractivity contribution in [3.8, 4) is 0 Å². The highest BCUT2D eigenvalue weighted by Gasteiger charge is 2.46.